The van der Waals surface area contributed by atoms with Crippen LogP contribution in [0.5, 0.6) is 0 Å². The van der Waals surface area contributed by atoms with Crippen LogP contribution in [0.1, 0.15) is 26.5 Å². The Hall–Kier alpha value is -2.09. The number of hydrogen-bond acceptors (Lipinski definition) is 6. The Bertz CT molecular complexity index is 777. The molecule has 1 N–H and O–H groups in total. The monoisotopic (exact) mass is 334 g/mol. The first kappa shape index (κ1) is 15.8. The van der Waals surface area contributed by atoms with Crippen molar-refractivity contribution in [2.75, 3.05) is 11.1 Å². The molecule has 0 aliphatic carbocycles. The van der Waals surface area contributed by atoms with Gasteiger partial charge in [-0.05, 0) is 0 Å². The molecular weight excluding hydrogens is 316 g/mol. The number of rotatable bonds is 2. The minimum absolute atomic E-state index is 0.119. The van der Waals surface area contributed by atoms with E-state index in [-0.39, 0.29) is 22.8 Å². The smallest absolute Gasteiger partial charge is 0.254 e. The maximum Gasteiger partial charge on any atom is 0.254 e. The minimum Gasteiger partial charge on any atom is -0.363 e. The Balaban J connectivity index is 1.81. The lowest BCUT2D eigenvalue weighted by Gasteiger charge is -2.26. The summed E-state index contributed by atoms with van der Waals surface area (Å²) >= 11 is 1.43. The maximum absolute atomic E-state index is 12.4. The molecule has 1 unspecified atom stereocenters. The summed E-state index contributed by atoms with van der Waals surface area (Å²) in [6.07, 6.45) is 1.39. The van der Waals surface area contributed by atoms with Gasteiger partial charge in [0.15, 0.2) is 11.0 Å². The highest BCUT2D eigenvalue weighted by atomic mass is 32.2. The Kier molecular flexibility index (Phi) is 4.01. The third-order valence-electron chi connectivity index (χ3n) is 3.62. The summed E-state index contributed by atoms with van der Waals surface area (Å²) in [7, 11) is 0. The number of fused-ring (bicyclic) bond motifs is 1. The van der Waals surface area contributed by atoms with Crippen molar-refractivity contribution in [1.29, 1.82) is 0 Å². The summed E-state index contributed by atoms with van der Waals surface area (Å²) in [5.74, 6) is 0.455. The third-order valence-corrected chi connectivity index (χ3v) is 4.76. The zero-order valence-electron chi connectivity index (χ0n) is 13.2. The first-order valence-electron chi connectivity index (χ1n) is 7.31. The molecule has 0 saturated heterocycles. The molecule has 23 heavy (non-hydrogen) atoms. The lowest BCUT2D eigenvalue weighted by Crippen LogP contribution is -2.37. The highest BCUT2D eigenvalue weighted by molar-refractivity contribution is 7.99. The highest BCUT2D eigenvalue weighted by Crippen LogP contribution is 2.28. The first-order chi connectivity index (χ1) is 10.8. The zero-order valence-corrected chi connectivity index (χ0v) is 14.0. The second-order valence-electron chi connectivity index (χ2n) is 6.50. The van der Waals surface area contributed by atoms with Gasteiger partial charge in [-0.1, -0.05) is 37.7 Å². The average molecular weight is 334 g/mol. The number of nitrogens with one attached hydrogen (secondary N) is 1. The van der Waals surface area contributed by atoms with E-state index in [1.165, 1.54) is 18.0 Å². The summed E-state index contributed by atoms with van der Waals surface area (Å²) in [5.41, 5.74) is 0.467. The van der Waals surface area contributed by atoms with Crippen molar-refractivity contribution in [1.82, 2.24) is 14.7 Å². The number of amides is 1. The molecule has 0 radical (unpaired) electrons. The predicted molar refractivity (Wildman–Crippen MR) is 86.5 cm³/mol. The van der Waals surface area contributed by atoms with Gasteiger partial charge in [0.2, 0.25) is 5.91 Å². The fourth-order valence-electron chi connectivity index (χ4n) is 2.26. The predicted octanol–water partition coefficient (Wildman–Crippen LogP) is 1.89. The van der Waals surface area contributed by atoms with Crippen LogP contribution in [0.25, 0.3) is 0 Å². The number of thioether (sulfide) groups is 1. The van der Waals surface area contributed by atoms with E-state index in [9.17, 15) is 9.59 Å². The van der Waals surface area contributed by atoms with E-state index >= 15 is 0 Å². The van der Waals surface area contributed by atoms with E-state index < -0.39 is 0 Å². The third kappa shape index (κ3) is 3.31. The molecule has 8 heteroatoms. The summed E-state index contributed by atoms with van der Waals surface area (Å²) in [6, 6.07) is 3.13. The summed E-state index contributed by atoms with van der Waals surface area (Å²) in [5, 5.41) is 7.02. The molecule has 122 valence electrons. The molecular formula is C15H18N4O3S. The highest BCUT2D eigenvalue weighted by Gasteiger charge is 2.29. The molecule has 0 spiro atoms. The van der Waals surface area contributed by atoms with Crippen molar-refractivity contribution in [2.24, 2.45) is 5.92 Å². The first-order valence-corrected chi connectivity index (χ1v) is 8.29. The molecule has 0 bridgehead atoms. The van der Waals surface area contributed by atoms with Crippen LogP contribution in [0.15, 0.2) is 32.9 Å². The molecule has 2 aromatic heterocycles. The van der Waals surface area contributed by atoms with Gasteiger partial charge in [-0.25, -0.2) is 4.98 Å². The van der Waals surface area contributed by atoms with E-state index in [2.05, 4.69) is 20.0 Å². The van der Waals surface area contributed by atoms with Crippen molar-refractivity contribution in [3.63, 3.8) is 0 Å². The molecule has 3 rings (SSSR count). The molecule has 3 heterocycles. The average Bonchev–Trinajstić information content (AvgIpc) is 2.98. The fraction of sp³-hybridized carbons (Fsp3) is 0.467. The standard InChI is InChI=1S/C15H18N4O3S/c1-15(2,3)10-6-12(20)19-7-9(8-23-14(19)16-10)13(21)17-11-4-5-22-18-11/h4-6,9H,7-8H2,1-3H3,(H,17,18,21). The van der Waals surface area contributed by atoms with Crippen molar-refractivity contribution in [3.8, 4) is 0 Å². The van der Waals surface area contributed by atoms with Gasteiger partial charge < -0.3 is 9.84 Å². The number of carbonyl (C=O) groups excluding carboxylic acids is 1. The van der Waals surface area contributed by atoms with Gasteiger partial charge in [-0.15, -0.1) is 0 Å². The number of nitrogens with zero attached hydrogens (tertiary/aromatic N) is 3. The van der Waals surface area contributed by atoms with Crippen LogP contribution < -0.4 is 10.9 Å². The molecule has 7 nitrogen and oxygen atoms in total. The van der Waals surface area contributed by atoms with E-state index in [4.69, 9.17) is 0 Å². The van der Waals surface area contributed by atoms with E-state index in [0.29, 0.717) is 23.3 Å². The SMILES string of the molecule is CC(C)(C)c1cc(=O)n2c(n1)SCC(C(=O)Nc1ccon1)C2. The molecule has 1 amide bonds. The summed E-state index contributed by atoms with van der Waals surface area (Å²) in [4.78, 5) is 29.2. The molecule has 1 aliphatic heterocycles. The van der Waals surface area contributed by atoms with Crippen LogP contribution in [-0.2, 0) is 16.8 Å². The second-order valence-corrected chi connectivity index (χ2v) is 7.49. The van der Waals surface area contributed by atoms with E-state index in [0.717, 1.165) is 5.69 Å². The lowest BCUT2D eigenvalue weighted by molar-refractivity contribution is -0.119. The Morgan fingerprint density at radius 3 is 2.91 bits per heavy atom. The van der Waals surface area contributed by atoms with Gasteiger partial charge in [-0.3, -0.25) is 14.2 Å². The molecule has 1 atom stereocenters. The van der Waals surface area contributed by atoms with Gasteiger partial charge >= 0.3 is 0 Å². The molecule has 0 saturated carbocycles. The summed E-state index contributed by atoms with van der Waals surface area (Å²) in [6.45, 7) is 6.39. The number of hydrogen-bond donors (Lipinski definition) is 1. The van der Waals surface area contributed by atoms with Gasteiger partial charge in [0.1, 0.15) is 6.26 Å². The second kappa shape index (κ2) is 5.84. The molecule has 1 aliphatic rings. The van der Waals surface area contributed by atoms with Crippen LogP contribution in [0.3, 0.4) is 0 Å². The fourth-order valence-corrected chi connectivity index (χ4v) is 3.35. The van der Waals surface area contributed by atoms with Crippen LogP contribution >= 0.6 is 11.8 Å². The van der Waals surface area contributed by atoms with Gasteiger partial charge in [0.25, 0.3) is 5.56 Å². The van der Waals surface area contributed by atoms with Crippen molar-refractivity contribution >= 4 is 23.5 Å². The van der Waals surface area contributed by atoms with Crippen LogP contribution in [-0.4, -0.2) is 26.4 Å². The quantitative estimate of drug-likeness (QED) is 0.844. The summed E-state index contributed by atoms with van der Waals surface area (Å²) < 4.78 is 6.25. The van der Waals surface area contributed by atoms with Crippen molar-refractivity contribution in [2.45, 2.75) is 37.9 Å². The van der Waals surface area contributed by atoms with Crippen LogP contribution in [0.4, 0.5) is 5.82 Å². The van der Waals surface area contributed by atoms with E-state index in [1.807, 2.05) is 20.8 Å². The topological polar surface area (TPSA) is 90.0 Å². The van der Waals surface area contributed by atoms with Gasteiger partial charge in [-0.2, -0.15) is 0 Å². The molecule has 0 fully saturated rings. The van der Waals surface area contributed by atoms with Crippen LogP contribution in [0, 0.1) is 5.92 Å². The Labute approximate surface area is 137 Å². The lowest BCUT2D eigenvalue weighted by atomic mass is 9.92. The van der Waals surface area contributed by atoms with Crippen molar-refractivity contribution in [3.05, 3.63) is 34.4 Å². The molecule has 0 aromatic carbocycles. The Morgan fingerprint density at radius 1 is 1.48 bits per heavy atom. The van der Waals surface area contributed by atoms with Gasteiger partial charge in [0, 0.05) is 29.8 Å². The largest absolute Gasteiger partial charge is 0.363 e. The number of anilines is 1. The van der Waals surface area contributed by atoms with Crippen molar-refractivity contribution < 1.29 is 9.32 Å². The number of carbonyl (C=O) groups is 1. The molecule has 2 aromatic rings. The Morgan fingerprint density at radius 2 is 2.26 bits per heavy atom. The normalized spacial score (nSPS) is 17.6. The maximum atomic E-state index is 12.4. The minimum atomic E-state index is -0.316. The number of aromatic nitrogens is 3. The van der Waals surface area contributed by atoms with E-state index in [1.54, 1.807) is 16.7 Å². The van der Waals surface area contributed by atoms with Crippen LogP contribution in [0.2, 0.25) is 0 Å². The van der Waals surface area contributed by atoms with Gasteiger partial charge in [0.05, 0.1) is 11.6 Å². The zero-order chi connectivity index (χ0) is 16.6.